The predicted octanol–water partition coefficient (Wildman–Crippen LogP) is 7.33. The summed E-state index contributed by atoms with van der Waals surface area (Å²) >= 11 is 0. The van der Waals surface area contributed by atoms with Crippen LogP contribution in [0.25, 0.3) is 5.76 Å². The van der Waals surface area contributed by atoms with Gasteiger partial charge in [0.15, 0.2) is 19.7 Å². The van der Waals surface area contributed by atoms with Crippen molar-refractivity contribution < 1.29 is 46.3 Å². The molecule has 0 amide bonds. The lowest BCUT2D eigenvalue weighted by Crippen LogP contribution is -2.68. The Balaban J connectivity index is 1.58. The minimum Gasteiger partial charge on any atom is -0.507 e. The van der Waals surface area contributed by atoms with E-state index in [2.05, 4.69) is 9.89 Å². The van der Waals surface area contributed by atoms with Crippen LogP contribution < -0.4 is 15.2 Å². The van der Waals surface area contributed by atoms with Crippen molar-refractivity contribution in [2.75, 3.05) is 19.8 Å². The first-order valence-corrected chi connectivity index (χ1v) is 19.3. The van der Waals surface area contributed by atoms with Crippen LogP contribution in [0, 0.1) is 18.8 Å². The van der Waals surface area contributed by atoms with Gasteiger partial charge in [0, 0.05) is 34.4 Å². The zero-order valence-electron chi connectivity index (χ0n) is 29.3. The highest BCUT2D eigenvalue weighted by molar-refractivity contribution is 6.74. The summed E-state index contributed by atoms with van der Waals surface area (Å²) in [5.41, 5.74) is 4.98. The number of Topliss-reactive ketones (excluding diaryl/α,β-unsaturated/α-hetero) is 2. The van der Waals surface area contributed by atoms with Crippen LogP contribution in [-0.2, 0) is 22.2 Å². The largest absolute Gasteiger partial charge is 0.573 e. The number of ketones is 2. The smallest absolute Gasteiger partial charge is 0.507 e. The molecule has 14 heteroatoms. The molecule has 0 unspecified atom stereocenters. The highest BCUT2D eigenvalue weighted by Crippen LogP contribution is 2.59. The summed E-state index contributed by atoms with van der Waals surface area (Å²) in [5.74, 6) is -4.08. The molecule has 3 aromatic rings. The van der Waals surface area contributed by atoms with Crippen molar-refractivity contribution in [1.82, 2.24) is 10.1 Å². The molecule has 6 rings (SSSR count). The number of rotatable bonds is 7. The van der Waals surface area contributed by atoms with E-state index >= 15 is 9.59 Å². The van der Waals surface area contributed by atoms with Gasteiger partial charge in [0.2, 0.25) is 11.6 Å². The number of hydrogen-bond donors (Lipinski definition) is 2. The summed E-state index contributed by atoms with van der Waals surface area (Å²) in [6, 6.07) is 9.63. The summed E-state index contributed by atoms with van der Waals surface area (Å²) in [6.45, 7) is 11.4. The number of alkyl halides is 3. The van der Waals surface area contributed by atoms with Gasteiger partial charge >= 0.3 is 6.36 Å². The van der Waals surface area contributed by atoms with E-state index in [0.717, 1.165) is 11.6 Å². The second-order valence-electron chi connectivity index (χ2n) is 15.2. The minimum atomic E-state index is -5.03. The Morgan fingerprint density at radius 2 is 1.76 bits per heavy atom. The number of carbonyl (C=O) groups is 2. The number of aromatic nitrogens is 1. The summed E-state index contributed by atoms with van der Waals surface area (Å²) in [4.78, 5) is 32.4. The maximum Gasteiger partial charge on any atom is 0.573 e. The van der Waals surface area contributed by atoms with Crippen LogP contribution in [0.5, 0.6) is 11.6 Å². The molecule has 2 aromatic carbocycles. The van der Waals surface area contributed by atoms with Crippen molar-refractivity contribution in [3.8, 4) is 11.6 Å². The van der Waals surface area contributed by atoms with Gasteiger partial charge in [0.25, 0.3) is 5.88 Å². The molecule has 4 atom stereocenters. The van der Waals surface area contributed by atoms with Crippen molar-refractivity contribution in [2.24, 2.45) is 11.8 Å². The number of fused-ring (bicyclic) bond motifs is 4. The van der Waals surface area contributed by atoms with Crippen LogP contribution in [0.4, 0.5) is 18.9 Å². The number of halogens is 3. The Morgan fingerprint density at radius 1 is 1.10 bits per heavy atom. The fourth-order valence-corrected chi connectivity index (χ4v) is 8.86. The van der Waals surface area contributed by atoms with Crippen molar-refractivity contribution in [3.05, 3.63) is 75.5 Å². The molecular formula is C36H42F3N3O7Si. The van der Waals surface area contributed by atoms with Gasteiger partial charge in [0.05, 0.1) is 6.04 Å². The van der Waals surface area contributed by atoms with Gasteiger partial charge in [-0.1, -0.05) is 51.1 Å². The van der Waals surface area contributed by atoms with Gasteiger partial charge in [-0.2, -0.15) is 0 Å². The lowest BCUT2D eigenvalue weighted by molar-refractivity contribution is -0.274. The lowest BCUT2D eigenvalue weighted by Gasteiger charge is -2.55. The van der Waals surface area contributed by atoms with Crippen molar-refractivity contribution in [2.45, 2.75) is 83.3 Å². The molecule has 50 heavy (non-hydrogen) atoms. The van der Waals surface area contributed by atoms with Crippen molar-refractivity contribution >= 4 is 31.3 Å². The van der Waals surface area contributed by atoms with Gasteiger partial charge in [-0.15, -0.1) is 13.2 Å². The molecule has 0 bridgehead atoms. The molecule has 10 nitrogen and oxygen atoms in total. The summed E-state index contributed by atoms with van der Waals surface area (Å²) in [7, 11) is 0.580. The Morgan fingerprint density at radius 3 is 2.36 bits per heavy atom. The molecule has 0 radical (unpaired) electrons. The highest BCUT2D eigenvalue weighted by Gasteiger charge is 2.69. The fourth-order valence-electron chi connectivity index (χ4n) is 7.41. The summed E-state index contributed by atoms with van der Waals surface area (Å²) in [5, 5.41) is 15.7. The van der Waals surface area contributed by atoms with Crippen LogP contribution >= 0.6 is 0 Å². The monoisotopic (exact) mass is 713 g/mol. The molecular weight excluding hydrogens is 671 g/mol. The molecule has 3 aliphatic rings. The van der Waals surface area contributed by atoms with Gasteiger partial charge in [-0.05, 0) is 74.2 Å². The van der Waals surface area contributed by atoms with Crippen LogP contribution in [0.1, 0.15) is 71.6 Å². The Hall–Kier alpha value is -4.14. The molecule has 0 aliphatic heterocycles. The zero-order valence-corrected chi connectivity index (χ0v) is 30.3. The highest BCUT2D eigenvalue weighted by atomic mass is 28.4. The number of anilines is 1. The standard InChI is InChI=1S/C36H42F3N3O7Si/c1-18-23(40)16-24(47-36(37,38)39)21-14-20-15-22-28(42(5)6)30-27(33(41-48-30)46-17-19-12-10-9-11-13-19)32(45)35(22,49-50(7,8)34(2,3)4)31(44)26(20)29(43)25(18)21/h9-13,16,20,22,28,43H,14-15,17,40H2,1-8H3/t20-,22-,28-,35-/m0/s1. The number of nitrogens with zero attached hydrogens (tertiary/aromatic N) is 2. The minimum absolute atomic E-state index is 0.0148. The molecule has 0 saturated heterocycles. The third kappa shape index (κ3) is 5.61. The molecule has 3 N–H and O–H groups in total. The van der Waals surface area contributed by atoms with Crippen LogP contribution in [0.3, 0.4) is 0 Å². The Labute approximate surface area is 289 Å². The maximum atomic E-state index is 15.4. The number of hydrogen-bond acceptors (Lipinski definition) is 10. The van der Waals surface area contributed by atoms with Crippen molar-refractivity contribution in [3.63, 3.8) is 0 Å². The first kappa shape index (κ1) is 35.7. The van der Waals surface area contributed by atoms with Gasteiger partial charge in [0.1, 0.15) is 23.7 Å². The normalized spacial score (nSPS) is 23.7. The Kier molecular flexibility index (Phi) is 8.55. The number of aliphatic hydroxyl groups is 1. The van der Waals surface area contributed by atoms with Crippen molar-refractivity contribution in [1.29, 1.82) is 0 Å². The average molecular weight is 714 g/mol. The fraction of sp³-hybridized carbons (Fsp3) is 0.472. The number of aliphatic hydroxyl groups excluding tert-OH is 1. The molecule has 1 fully saturated rings. The quantitative estimate of drug-likeness (QED) is 0.145. The first-order chi connectivity index (χ1) is 23.2. The maximum absolute atomic E-state index is 15.4. The zero-order chi connectivity index (χ0) is 36.7. The van der Waals surface area contributed by atoms with E-state index in [4.69, 9.17) is 19.4 Å². The number of nitrogens with two attached hydrogens (primary N) is 1. The van der Waals surface area contributed by atoms with Gasteiger partial charge < -0.3 is 29.3 Å². The van der Waals surface area contributed by atoms with Crippen LogP contribution in [-0.4, -0.2) is 61.1 Å². The van der Waals surface area contributed by atoms with E-state index in [1.165, 1.54) is 0 Å². The number of nitrogen functional groups attached to an aromatic ring is 1. The first-order valence-electron chi connectivity index (χ1n) is 16.4. The third-order valence-corrected chi connectivity index (χ3v) is 15.3. The van der Waals surface area contributed by atoms with E-state index in [1.807, 2.05) is 69.1 Å². The van der Waals surface area contributed by atoms with E-state index in [0.29, 0.717) is 0 Å². The molecule has 3 aliphatic carbocycles. The van der Waals surface area contributed by atoms with Gasteiger partial charge in [-0.25, -0.2) is 0 Å². The topological polar surface area (TPSA) is 137 Å². The van der Waals surface area contributed by atoms with E-state index in [1.54, 1.807) is 21.0 Å². The number of ether oxygens (including phenoxy) is 2. The predicted molar refractivity (Wildman–Crippen MR) is 181 cm³/mol. The lowest BCUT2D eigenvalue weighted by atomic mass is 9.57. The van der Waals surface area contributed by atoms with Crippen LogP contribution in [0.2, 0.25) is 18.1 Å². The number of carbonyl (C=O) groups excluding carboxylic acids is 2. The third-order valence-electron chi connectivity index (χ3n) is 10.8. The van der Waals surface area contributed by atoms with Gasteiger partial charge in [-0.3, -0.25) is 14.5 Å². The van der Waals surface area contributed by atoms with E-state index < -0.39 is 66.3 Å². The van der Waals surface area contributed by atoms with E-state index in [-0.39, 0.29) is 64.6 Å². The second-order valence-corrected chi connectivity index (χ2v) is 19.9. The summed E-state index contributed by atoms with van der Waals surface area (Å²) in [6.07, 6.45) is -5.02. The average Bonchev–Trinajstić information content (AvgIpc) is 3.42. The molecule has 1 aromatic heterocycles. The molecule has 268 valence electrons. The Bertz CT molecular complexity index is 1900. The van der Waals surface area contributed by atoms with E-state index in [9.17, 15) is 18.3 Å². The molecule has 0 spiro atoms. The number of benzene rings is 2. The van der Waals surface area contributed by atoms with Crippen LogP contribution in [0.15, 0.2) is 46.5 Å². The SMILES string of the molecule is Cc1c(N)cc(OC(F)(F)F)c2c1C(O)=C1C(=O)[C@]3(O[Si](C)(C)C(C)(C)C)C(=O)c4c(OCc5ccccc5)noc4[C@@H](N(C)C)[C@@H]3C[C@@H]1C2. The molecule has 1 saturated carbocycles. The summed E-state index contributed by atoms with van der Waals surface area (Å²) < 4.78 is 64.0. The molecule has 1 heterocycles. The second kappa shape index (κ2) is 12.0.